The summed E-state index contributed by atoms with van der Waals surface area (Å²) in [6, 6.07) is 8.24. The summed E-state index contributed by atoms with van der Waals surface area (Å²) in [6.07, 6.45) is 0. The van der Waals surface area contributed by atoms with Gasteiger partial charge in [0.1, 0.15) is 0 Å². The molecule has 0 aliphatic rings. The maximum absolute atomic E-state index is 6.20. The van der Waals surface area contributed by atoms with Crippen molar-refractivity contribution in [3.63, 3.8) is 0 Å². The fraction of sp³-hybridized carbons (Fsp3) is 0.357. The van der Waals surface area contributed by atoms with E-state index < -0.39 is 0 Å². The number of hydrogen-bond acceptors (Lipinski definition) is 1. The van der Waals surface area contributed by atoms with Gasteiger partial charge in [-0.2, -0.15) is 5.10 Å². The third-order valence-electron chi connectivity index (χ3n) is 3.09. The minimum atomic E-state index is -0.00670. The van der Waals surface area contributed by atoms with Gasteiger partial charge in [0.2, 0.25) is 0 Å². The van der Waals surface area contributed by atoms with Crippen LogP contribution in [0.5, 0.6) is 0 Å². The molecule has 0 amide bonds. The van der Waals surface area contributed by atoms with Crippen molar-refractivity contribution in [1.29, 1.82) is 0 Å². The van der Waals surface area contributed by atoms with Gasteiger partial charge in [0.05, 0.1) is 16.8 Å². The first-order chi connectivity index (χ1) is 8.02. The summed E-state index contributed by atoms with van der Waals surface area (Å²) >= 11 is 6.20. The lowest BCUT2D eigenvalue weighted by Gasteiger charge is -2.09. The molecule has 0 saturated heterocycles. The molecule has 0 fully saturated rings. The van der Waals surface area contributed by atoms with E-state index in [2.05, 4.69) is 31.1 Å². The Balaban J connectivity index is 2.62. The van der Waals surface area contributed by atoms with E-state index in [1.54, 1.807) is 0 Å². The Bertz CT molecular complexity index is 541. The highest BCUT2D eigenvalue weighted by Crippen LogP contribution is 2.28. The maximum atomic E-state index is 6.20. The molecular formula is C14H17ClN2. The van der Waals surface area contributed by atoms with E-state index in [9.17, 15) is 0 Å². The first-order valence-electron chi connectivity index (χ1n) is 5.78. The van der Waals surface area contributed by atoms with Gasteiger partial charge in [0.15, 0.2) is 0 Å². The fourth-order valence-electron chi connectivity index (χ4n) is 2.27. The van der Waals surface area contributed by atoms with Crippen LogP contribution < -0.4 is 0 Å². The van der Waals surface area contributed by atoms with Crippen LogP contribution in [0.3, 0.4) is 0 Å². The van der Waals surface area contributed by atoms with Crippen molar-refractivity contribution >= 4 is 11.6 Å². The van der Waals surface area contributed by atoms with Gasteiger partial charge >= 0.3 is 0 Å². The van der Waals surface area contributed by atoms with E-state index >= 15 is 0 Å². The molecule has 1 atom stereocenters. The minimum absolute atomic E-state index is 0.00670. The van der Waals surface area contributed by atoms with Crippen LogP contribution in [0.2, 0.25) is 0 Å². The summed E-state index contributed by atoms with van der Waals surface area (Å²) in [7, 11) is 0. The minimum Gasteiger partial charge on any atom is -0.237 e. The standard InChI is InChI=1S/C14H17ClN2/c1-9-7-5-6-8-13(9)17-12(4)14(10(2)15)11(3)16-17/h5-8,10H,1-4H3. The lowest BCUT2D eigenvalue weighted by Crippen LogP contribution is -2.01. The van der Waals surface area contributed by atoms with Crippen molar-refractivity contribution in [3.05, 3.63) is 46.8 Å². The van der Waals surface area contributed by atoms with Crippen molar-refractivity contribution in [2.75, 3.05) is 0 Å². The Morgan fingerprint density at radius 3 is 2.35 bits per heavy atom. The Kier molecular flexibility index (Phi) is 3.25. The fourth-order valence-corrected chi connectivity index (χ4v) is 2.58. The van der Waals surface area contributed by atoms with Crippen molar-refractivity contribution in [1.82, 2.24) is 9.78 Å². The molecule has 2 rings (SSSR count). The number of aryl methyl sites for hydroxylation is 2. The van der Waals surface area contributed by atoms with Crippen LogP contribution in [0.25, 0.3) is 5.69 Å². The summed E-state index contributed by atoms with van der Waals surface area (Å²) in [4.78, 5) is 0. The Morgan fingerprint density at radius 1 is 1.18 bits per heavy atom. The molecule has 0 saturated carbocycles. The van der Waals surface area contributed by atoms with Gasteiger partial charge in [-0.15, -0.1) is 11.6 Å². The molecule has 3 heteroatoms. The number of benzene rings is 1. The highest BCUT2D eigenvalue weighted by atomic mass is 35.5. The summed E-state index contributed by atoms with van der Waals surface area (Å²) in [6.45, 7) is 8.16. The number of para-hydroxylation sites is 1. The molecule has 0 aliphatic carbocycles. The molecule has 0 aliphatic heterocycles. The van der Waals surface area contributed by atoms with E-state index in [1.807, 2.05) is 30.7 Å². The van der Waals surface area contributed by atoms with Crippen LogP contribution in [0.4, 0.5) is 0 Å². The summed E-state index contributed by atoms with van der Waals surface area (Å²) in [5, 5.41) is 4.59. The molecule has 1 heterocycles. The predicted octanol–water partition coefficient (Wildman–Crippen LogP) is 4.10. The van der Waals surface area contributed by atoms with Crippen molar-refractivity contribution in [3.8, 4) is 5.69 Å². The molecule has 2 aromatic rings. The molecule has 1 aromatic heterocycles. The second-order valence-electron chi connectivity index (χ2n) is 4.40. The monoisotopic (exact) mass is 248 g/mol. The van der Waals surface area contributed by atoms with Gasteiger partial charge in [0.25, 0.3) is 0 Å². The van der Waals surface area contributed by atoms with Gasteiger partial charge in [0, 0.05) is 11.3 Å². The van der Waals surface area contributed by atoms with E-state index in [0.717, 1.165) is 22.6 Å². The van der Waals surface area contributed by atoms with Crippen molar-refractivity contribution in [2.24, 2.45) is 0 Å². The Labute approximate surface area is 107 Å². The van der Waals surface area contributed by atoms with Crippen LogP contribution in [-0.4, -0.2) is 9.78 Å². The third kappa shape index (κ3) is 2.09. The molecule has 2 nitrogen and oxygen atoms in total. The van der Waals surface area contributed by atoms with E-state index in [4.69, 9.17) is 11.6 Å². The van der Waals surface area contributed by atoms with Gasteiger partial charge in [-0.05, 0) is 39.3 Å². The summed E-state index contributed by atoms with van der Waals surface area (Å²) in [5.41, 5.74) is 5.60. The Hall–Kier alpha value is -1.28. The highest BCUT2D eigenvalue weighted by Gasteiger charge is 2.17. The second kappa shape index (κ2) is 4.53. The Morgan fingerprint density at radius 2 is 1.82 bits per heavy atom. The van der Waals surface area contributed by atoms with Gasteiger partial charge in [-0.25, -0.2) is 4.68 Å². The largest absolute Gasteiger partial charge is 0.237 e. The lowest BCUT2D eigenvalue weighted by atomic mass is 10.1. The predicted molar refractivity (Wildman–Crippen MR) is 72.0 cm³/mol. The van der Waals surface area contributed by atoms with Crippen molar-refractivity contribution in [2.45, 2.75) is 33.1 Å². The third-order valence-corrected chi connectivity index (χ3v) is 3.31. The van der Waals surface area contributed by atoms with E-state index in [1.165, 1.54) is 5.56 Å². The lowest BCUT2D eigenvalue weighted by molar-refractivity contribution is 0.826. The molecule has 0 bridgehead atoms. The van der Waals surface area contributed by atoms with E-state index in [-0.39, 0.29) is 5.38 Å². The van der Waals surface area contributed by atoms with Crippen LogP contribution >= 0.6 is 11.6 Å². The van der Waals surface area contributed by atoms with Gasteiger partial charge in [-0.3, -0.25) is 0 Å². The number of aromatic nitrogens is 2. The quantitative estimate of drug-likeness (QED) is 0.732. The molecule has 1 aromatic carbocycles. The average molecular weight is 249 g/mol. The molecule has 0 N–H and O–H groups in total. The summed E-state index contributed by atoms with van der Waals surface area (Å²) < 4.78 is 1.98. The molecule has 0 spiro atoms. The number of rotatable bonds is 2. The number of nitrogens with zero attached hydrogens (tertiary/aromatic N) is 2. The highest BCUT2D eigenvalue weighted by molar-refractivity contribution is 6.20. The number of alkyl halides is 1. The first kappa shape index (κ1) is 12.2. The van der Waals surface area contributed by atoms with E-state index in [0.29, 0.717) is 0 Å². The SMILES string of the molecule is Cc1ccccc1-n1nc(C)c(C(C)Cl)c1C. The molecular weight excluding hydrogens is 232 g/mol. The second-order valence-corrected chi connectivity index (χ2v) is 5.05. The molecule has 17 heavy (non-hydrogen) atoms. The van der Waals surface area contributed by atoms with Crippen LogP contribution in [-0.2, 0) is 0 Å². The molecule has 0 radical (unpaired) electrons. The smallest absolute Gasteiger partial charge is 0.0678 e. The van der Waals surface area contributed by atoms with Crippen LogP contribution in [0.15, 0.2) is 24.3 Å². The zero-order valence-electron chi connectivity index (χ0n) is 10.7. The van der Waals surface area contributed by atoms with Crippen molar-refractivity contribution < 1.29 is 0 Å². The maximum Gasteiger partial charge on any atom is 0.0678 e. The number of hydrogen-bond donors (Lipinski definition) is 0. The topological polar surface area (TPSA) is 17.8 Å². The normalized spacial score (nSPS) is 12.8. The summed E-state index contributed by atoms with van der Waals surface area (Å²) in [5.74, 6) is 0. The first-order valence-corrected chi connectivity index (χ1v) is 6.22. The number of halogens is 1. The average Bonchev–Trinajstić information content (AvgIpc) is 2.55. The van der Waals surface area contributed by atoms with Gasteiger partial charge in [-0.1, -0.05) is 18.2 Å². The zero-order chi connectivity index (χ0) is 12.6. The van der Waals surface area contributed by atoms with Crippen LogP contribution in [0.1, 0.15) is 34.8 Å². The van der Waals surface area contributed by atoms with Gasteiger partial charge < -0.3 is 0 Å². The molecule has 90 valence electrons. The molecule has 1 unspecified atom stereocenters. The van der Waals surface area contributed by atoms with Crippen LogP contribution in [0, 0.1) is 20.8 Å². The zero-order valence-corrected chi connectivity index (χ0v) is 11.4.